The van der Waals surface area contributed by atoms with Crippen molar-refractivity contribution in [1.82, 2.24) is 0 Å². The van der Waals surface area contributed by atoms with Crippen LogP contribution in [0.15, 0.2) is 58.7 Å². The molecule has 2 aromatic carbocycles. The molecule has 0 radical (unpaired) electrons. The van der Waals surface area contributed by atoms with E-state index in [9.17, 15) is 14.9 Å². The summed E-state index contributed by atoms with van der Waals surface area (Å²) in [6, 6.07) is 12.6. The van der Waals surface area contributed by atoms with Gasteiger partial charge < -0.3 is 10.6 Å². The maximum absolute atomic E-state index is 12.2. The molecule has 9 heteroatoms. The molecule has 0 bridgehead atoms. The lowest BCUT2D eigenvalue weighted by molar-refractivity contribution is -0.384. The van der Waals surface area contributed by atoms with Gasteiger partial charge in [-0.15, -0.1) is 0 Å². The first-order chi connectivity index (χ1) is 11.9. The molecule has 0 spiro atoms. The highest BCUT2D eigenvalue weighted by molar-refractivity contribution is 9.10. The Morgan fingerprint density at radius 1 is 1.28 bits per heavy atom. The van der Waals surface area contributed by atoms with E-state index in [1.54, 1.807) is 24.3 Å². The van der Waals surface area contributed by atoms with E-state index in [4.69, 9.17) is 16.9 Å². The number of carbonyl (C=O) groups is 1. The molecule has 126 valence electrons. The van der Waals surface area contributed by atoms with Crippen molar-refractivity contribution >= 4 is 50.5 Å². The summed E-state index contributed by atoms with van der Waals surface area (Å²) in [5.41, 5.74) is 0.256. The minimum Gasteiger partial charge on any atom is -0.359 e. The molecule has 0 atom stereocenters. The SMILES string of the molecule is N#C/C(=C/Nc1ccccc1Br)C(=O)Nc1cc([N+](=O)[O-])ccc1Cl. The van der Waals surface area contributed by atoms with Gasteiger partial charge in [-0.25, -0.2) is 0 Å². The lowest BCUT2D eigenvalue weighted by Gasteiger charge is -2.07. The van der Waals surface area contributed by atoms with E-state index in [0.29, 0.717) is 5.69 Å². The van der Waals surface area contributed by atoms with Crippen LogP contribution in [0.1, 0.15) is 0 Å². The Balaban J connectivity index is 2.19. The van der Waals surface area contributed by atoms with Crippen LogP contribution in [0.5, 0.6) is 0 Å². The number of halogens is 2. The molecule has 7 nitrogen and oxygen atoms in total. The maximum Gasteiger partial charge on any atom is 0.271 e. The second kappa shape index (κ2) is 8.28. The van der Waals surface area contributed by atoms with Crippen LogP contribution >= 0.6 is 27.5 Å². The Morgan fingerprint density at radius 2 is 2.00 bits per heavy atom. The van der Waals surface area contributed by atoms with E-state index in [1.807, 2.05) is 6.07 Å². The van der Waals surface area contributed by atoms with Gasteiger partial charge in [0.25, 0.3) is 11.6 Å². The fraction of sp³-hybridized carbons (Fsp3) is 0. The number of nitro groups is 1. The molecule has 2 rings (SSSR count). The van der Waals surface area contributed by atoms with Crippen molar-refractivity contribution < 1.29 is 9.72 Å². The number of benzene rings is 2. The Bertz CT molecular complexity index is 908. The van der Waals surface area contributed by atoms with Crippen LogP contribution in [0, 0.1) is 21.4 Å². The fourth-order valence-corrected chi connectivity index (χ4v) is 2.35. The van der Waals surface area contributed by atoms with Gasteiger partial charge in [-0.3, -0.25) is 14.9 Å². The third-order valence-corrected chi connectivity index (χ3v) is 4.04. The highest BCUT2D eigenvalue weighted by Crippen LogP contribution is 2.27. The minimum absolute atomic E-state index is 0.0444. The average Bonchev–Trinajstić information content (AvgIpc) is 2.58. The van der Waals surface area contributed by atoms with E-state index in [2.05, 4.69) is 26.6 Å². The van der Waals surface area contributed by atoms with Gasteiger partial charge in [-0.2, -0.15) is 5.26 Å². The van der Waals surface area contributed by atoms with Crippen molar-refractivity contribution in [3.05, 3.63) is 73.8 Å². The predicted octanol–water partition coefficient (Wildman–Crippen LogP) is 4.47. The Morgan fingerprint density at radius 3 is 2.64 bits per heavy atom. The molecule has 0 aliphatic heterocycles. The number of hydrogen-bond acceptors (Lipinski definition) is 5. The van der Waals surface area contributed by atoms with E-state index in [0.717, 1.165) is 10.5 Å². The number of nitro benzene ring substituents is 1. The number of non-ortho nitro benzene ring substituents is 1. The van der Waals surface area contributed by atoms with Gasteiger partial charge in [-0.1, -0.05) is 23.7 Å². The van der Waals surface area contributed by atoms with Crippen LogP contribution in [0.25, 0.3) is 0 Å². The summed E-state index contributed by atoms with van der Waals surface area (Å²) in [7, 11) is 0. The Hall–Kier alpha value is -2.89. The van der Waals surface area contributed by atoms with Gasteiger partial charge in [0.05, 0.1) is 21.3 Å². The number of amides is 1. The number of hydrogen-bond donors (Lipinski definition) is 2. The van der Waals surface area contributed by atoms with Crippen LogP contribution in [0.3, 0.4) is 0 Å². The van der Waals surface area contributed by atoms with Crippen LogP contribution in [-0.4, -0.2) is 10.8 Å². The molecule has 0 aromatic heterocycles. The number of para-hydroxylation sites is 1. The zero-order valence-corrected chi connectivity index (χ0v) is 14.8. The largest absolute Gasteiger partial charge is 0.359 e. The third kappa shape index (κ3) is 4.79. The van der Waals surface area contributed by atoms with Gasteiger partial charge in [-0.05, 0) is 34.1 Å². The Kier molecular flexibility index (Phi) is 6.11. The first-order valence-electron chi connectivity index (χ1n) is 6.79. The second-order valence-corrected chi connectivity index (χ2v) is 5.93. The molecule has 0 fully saturated rings. The van der Waals surface area contributed by atoms with Crippen molar-refractivity contribution in [2.75, 3.05) is 10.6 Å². The van der Waals surface area contributed by atoms with Gasteiger partial charge in [0, 0.05) is 22.8 Å². The van der Waals surface area contributed by atoms with Gasteiger partial charge in [0.2, 0.25) is 0 Å². The smallest absolute Gasteiger partial charge is 0.271 e. The fourth-order valence-electron chi connectivity index (χ4n) is 1.79. The highest BCUT2D eigenvalue weighted by atomic mass is 79.9. The molecule has 0 saturated heterocycles. The number of nitriles is 1. The van der Waals surface area contributed by atoms with Crippen molar-refractivity contribution in [3.8, 4) is 6.07 Å². The first kappa shape index (κ1) is 18.4. The monoisotopic (exact) mass is 420 g/mol. The zero-order valence-electron chi connectivity index (χ0n) is 12.5. The van der Waals surface area contributed by atoms with Gasteiger partial charge in [0.15, 0.2) is 0 Å². The van der Waals surface area contributed by atoms with Crippen LogP contribution in [0.4, 0.5) is 17.1 Å². The third-order valence-electron chi connectivity index (χ3n) is 3.02. The van der Waals surface area contributed by atoms with E-state index < -0.39 is 10.8 Å². The molecule has 0 aliphatic rings. The summed E-state index contributed by atoms with van der Waals surface area (Å²) < 4.78 is 0.755. The van der Waals surface area contributed by atoms with E-state index in [1.165, 1.54) is 18.3 Å². The van der Waals surface area contributed by atoms with Crippen LogP contribution < -0.4 is 10.6 Å². The molecule has 0 aliphatic carbocycles. The van der Waals surface area contributed by atoms with Crippen LogP contribution in [-0.2, 0) is 4.79 Å². The average molecular weight is 422 g/mol. The molecule has 2 N–H and O–H groups in total. The van der Waals surface area contributed by atoms with Gasteiger partial charge >= 0.3 is 0 Å². The predicted molar refractivity (Wildman–Crippen MR) is 98.2 cm³/mol. The van der Waals surface area contributed by atoms with Crippen LogP contribution in [0.2, 0.25) is 5.02 Å². The summed E-state index contributed by atoms with van der Waals surface area (Å²) in [6.07, 6.45) is 1.24. The molecule has 0 heterocycles. The number of nitrogens with one attached hydrogen (secondary N) is 2. The summed E-state index contributed by atoms with van der Waals surface area (Å²) in [4.78, 5) is 22.4. The topological polar surface area (TPSA) is 108 Å². The molecular weight excluding hydrogens is 412 g/mol. The first-order valence-corrected chi connectivity index (χ1v) is 7.96. The van der Waals surface area contributed by atoms with Crippen molar-refractivity contribution in [2.24, 2.45) is 0 Å². The number of anilines is 2. The quantitative estimate of drug-likeness (QED) is 0.320. The standard InChI is InChI=1S/C16H10BrClN4O3/c17-12-3-1-2-4-14(12)20-9-10(8-19)16(23)21-15-7-11(22(24)25)5-6-13(15)18/h1-7,9,20H,(H,21,23)/b10-9-. The summed E-state index contributed by atoms with van der Waals surface area (Å²) in [5, 5.41) is 25.3. The molecular formula is C16H10BrClN4O3. The van der Waals surface area contributed by atoms with E-state index in [-0.39, 0.29) is 22.0 Å². The number of nitrogens with zero attached hydrogens (tertiary/aromatic N) is 2. The molecule has 0 unspecified atom stereocenters. The maximum atomic E-state index is 12.2. The zero-order chi connectivity index (χ0) is 18.4. The molecule has 2 aromatic rings. The van der Waals surface area contributed by atoms with Crippen molar-refractivity contribution in [2.45, 2.75) is 0 Å². The highest BCUT2D eigenvalue weighted by Gasteiger charge is 2.15. The summed E-state index contributed by atoms with van der Waals surface area (Å²) in [6.45, 7) is 0. The molecule has 25 heavy (non-hydrogen) atoms. The molecule has 0 saturated carbocycles. The normalized spacial score (nSPS) is 10.7. The van der Waals surface area contributed by atoms with Gasteiger partial charge in [0.1, 0.15) is 11.6 Å². The lowest BCUT2D eigenvalue weighted by Crippen LogP contribution is -2.15. The number of rotatable bonds is 5. The Labute approximate surface area is 156 Å². The molecule has 1 amide bonds. The second-order valence-electron chi connectivity index (χ2n) is 4.67. The van der Waals surface area contributed by atoms with Crippen molar-refractivity contribution in [3.63, 3.8) is 0 Å². The van der Waals surface area contributed by atoms with E-state index >= 15 is 0 Å². The summed E-state index contributed by atoms with van der Waals surface area (Å²) >= 11 is 9.26. The lowest BCUT2D eigenvalue weighted by atomic mass is 10.2. The minimum atomic E-state index is -0.746. The summed E-state index contributed by atoms with van der Waals surface area (Å²) in [5.74, 6) is -0.746. The van der Waals surface area contributed by atoms with Crippen molar-refractivity contribution in [1.29, 1.82) is 5.26 Å². The number of carbonyl (C=O) groups excluding carboxylic acids is 1.